The Labute approximate surface area is 161 Å². The first-order valence-electron chi connectivity index (χ1n) is 8.10. The summed E-state index contributed by atoms with van der Waals surface area (Å²) in [4.78, 5) is 11.1. The van der Waals surface area contributed by atoms with E-state index < -0.39 is 16.0 Å². The Balaban J connectivity index is 1.95. The highest BCUT2D eigenvalue weighted by Crippen LogP contribution is 2.29. The van der Waals surface area contributed by atoms with Crippen LogP contribution >= 0.6 is 0 Å². The van der Waals surface area contributed by atoms with E-state index >= 15 is 0 Å². The Hall–Kier alpha value is -3.39. The first kappa shape index (κ1) is 19.4. The van der Waals surface area contributed by atoms with Gasteiger partial charge < -0.3 is 9.84 Å². The number of benzene rings is 3. The minimum absolute atomic E-state index is 0.00121. The second-order valence-electron chi connectivity index (χ2n) is 5.86. The van der Waals surface area contributed by atoms with Gasteiger partial charge in [-0.25, -0.2) is 17.6 Å². The van der Waals surface area contributed by atoms with Gasteiger partial charge in [0.25, 0.3) is 10.0 Å². The molecule has 0 atom stereocenters. The standard InChI is InChI=1S/C20H16FNO5S/c1-27-19-12-15(20(23)24)7-10-18(19)22-28(25,26)17-4-2-3-14(11-17)13-5-8-16(21)9-6-13/h2-12,22H,1H3,(H,23,24). The second-order valence-corrected chi connectivity index (χ2v) is 7.54. The van der Waals surface area contributed by atoms with Gasteiger partial charge in [-0.15, -0.1) is 0 Å². The predicted molar refractivity (Wildman–Crippen MR) is 103 cm³/mol. The largest absolute Gasteiger partial charge is 0.495 e. The van der Waals surface area contributed by atoms with Crippen LogP contribution in [-0.2, 0) is 10.0 Å². The zero-order chi connectivity index (χ0) is 20.3. The molecule has 0 saturated heterocycles. The van der Waals surface area contributed by atoms with Crippen molar-refractivity contribution in [3.8, 4) is 16.9 Å². The molecule has 0 saturated carbocycles. The average Bonchev–Trinajstić information content (AvgIpc) is 2.68. The summed E-state index contributed by atoms with van der Waals surface area (Å²) in [5.41, 5.74) is 1.36. The summed E-state index contributed by atoms with van der Waals surface area (Å²) in [5, 5.41) is 9.04. The smallest absolute Gasteiger partial charge is 0.335 e. The molecule has 28 heavy (non-hydrogen) atoms. The number of halogens is 1. The van der Waals surface area contributed by atoms with E-state index in [0.717, 1.165) is 0 Å². The number of aromatic carboxylic acids is 1. The summed E-state index contributed by atoms with van der Waals surface area (Å²) in [5.74, 6) is -1.45. The average molecular weight is 401 g/mol. The summed E-state index contributed by atoms with van der Waals surface area (Å²) < 4.78 is 46.2. The lowest BCUT2D eigenvalue weighted by Gasteiger charge is -2.13. The molecule has 0 aliphatic heterocycles. The van der Waals surface area contributed by atoms with Gasteiger partial charge in [-0.05, 0) is 53.6 Å². The van der Waals surface area contributed by atoms with Crippen LogP contribution in [0.25, 0.3) is 11.1 Å². The molecular formula is C20H16FNO5S. The fraction of sp³-hybridized carbons (Fsp3) is 0.0500. The number of hydrogen-bond acceptors (Lipinski definition) is 4. The normalized spacial score (nSPS) is 11.1. The number of sulfonamides is 1. The minimum Gasteiger partial charge on any atom is -0.495 e. The van der Waals surface area contributed by atoms with Gasteiger partial charge >= 0.3 is 5.97 Å². The first-order chi connectivity index (χ1) is 13.3. The molecule has 0 bridgehead atoms. The lowest BCUT2D eigenvalue weighted by atomic mass is 10.1. The summed E-state index contributed by atoms with van der Waals surface area (Å²) in [7, 11) is -2.66. The molecule has 3 aromatic carbocycles. The van der Waals surface area contributed by atoms with E-state index in [-0.39, 0.29) is 27.7 Å². The number of carboxylic acid groups (broad SMARTS) is 1. The van der Waals surface area contributed by atoms with Gasteiger partial charge in [-0.1, -0.05) is 24.3 Å². The van der Waals surface area contributed by atoms with Crippen molar-refractivity contribution >= 4 is 21.7 Å². The van der Waals surface area contributed by atoms with Crippen LogP contribution in [0.3, 0.4) is 0 Å². The monoisotopic (exact) mass is 401 g/mol. The number of carbonyl (C=O) groups is 1. The van der Waals surface area contributed by atoms with Crippen LogP contribution < -0.4 is 9.46 Å². The number of rotatable bonds is 6. The molecule has 0 spiro atoms. The number of anilines is 1. The molecule has 0 aliphatic rings. The van der Waals surface area contributed by atoms with Crippen molar-refractivity contribution in [2.75, 3.05) is 11.8 Å². The molecule has 0 radical (unpaired) electrons. The highest BCUT2D eigenvalue weighted by atomic mass is 32.2. The molecule has 2 N–H and O–H groups in total. The maximum Gasteiger partial charge on any atom is 0.335 e. The third kappa shape index (κ3) is 4.12. The Bertz CT molecular complexity index is 1130. The zero-order valence-corrected chi connectivity index (χ0v) is 15.5. The SMILES string of the molecule is COc1cc(C(=O)O)ccc1NS(=O)(=O)c1cccc(-c2ccc(F)cc2)c1. The third-order valence-corrected chi connectivity index (χ3v) is 5.38. The Kier molecular flexibility index (Phi) is 5.32. The molecule has 3 aromatic rings. The van der Waals surface area contributed by atoms with E-state index in [1.807, 2.05) is 0 Å². The number of carboxylic acids is 1. The molecule has 8 heteroatoms. The Morgan fingerprint density at radius 2 is 1.71 bits per heavy atom. The minimum atomic E-state index is -3.97. The van der Waals surface area contributed by atoms with Gasteiger partial charge in [0.1, 0.15) is 11.6 Å². The zero-order valence-electron chi connectivity index (χ0n) is 14.7. The topological polar surface area (TPSA) is 92.7 Å². The van der Waals surface area contributed by atoms with Gasteiger partial charge in [0.2, 0.25) is 0 Å². The van der Waals surface area contributed by atoms with Crippen LogP contribution in [0, 0.1) is 5.82 Å². The quantitative estimate of drug-likeness (QED) is 0.651. The molecule has 0 aromatic heterocycles. The lowest BCUT2D eigenvalue weighted by Crippen LogP contribution is -2.14. The van der Waals surface area contributed by atoms with E-state index in [1.165, 1.54) is 49.6 Å². The van der Waals surface area contributed by atoms with Crippen LogP contribution in [0.5, 0.6) is 5.75 Å². The van der Waals surface area contributed by atoms with Gasteiger partial charge in [0, 0.05) is 0 Å². The Morgan fingerprint density at radius 3 is 2.36 bits per heavy atom. The maximum absolute atomic E-state index is 13.1. The van der Waals surface area contributed by atoms with Crippen molar-refractivity contribution in [2.45, 2.75) is 4.90 Å². The maximum atomic E-state index is 13.1. The van der Waals surface area contributed by atoms with Crippen molar-refractivity contribution in [3.05, 3.63) is 78.1 Å². The van der Waals surface area contributed by atoms with E-state index in [4.69, 9.17) is 9.84 Å². The lowest BCUT2D eigenvalue weighted by molar-refractivity contribution is 0.0696. The van der Waals surface area contributed by atoms with Gasteiger partial charge in [0.15, 0.2) is 0 Å². The van der Waals surface area contributed by atoms with Crippen LogP contribution in [0.1, 0.15) is 10.4 Å². The van der Waals surface area contributed by atoms with Crippen LogP contribution in [0.4, 0.5) is 10.1 Å². The molecular weight excluding hydrogens is 385 g/mol. The fourth-order valence-corrected chi connectivity index (χ4v) is 3.71. The van der Waals surface area contributed by atoms with Crippen molar-refractivity contribution in [1.29, 1.82) is 0 Å². The number of ether oxygens (including phenoxy) is 1. The van der Waals surface area contributed by atoms with Gasteiger partial charge in [0.05, 0.1) is 23.3 Å². The molecule has 0 heterocycles. The van der Waals surface area contributed by atoms with E-state index in [1.54, 1.807) is 24.3 Å². The van der Waals surface area contributed by atoms with Crippen LogP contribution in [0.2, 0.25) is 0 Å². The summed E-state index contributed by atoms with van der Waals surface area (Å²) >= 11 is 0. The summed E-state index contributed by atoms with van der Waals surface area (Å²) in [6.07, 6.45) is 0. The molecule has 144 valence electrons. The molecule has 0 fully saturated rings. The van der Waals surface area contributed by atoms with Crippen molar-refractivity contribution in [3.63, 3.8) is 0 Å². The van der Waals surface area contributed by atoms with Crippen LogP contribution in [0.15, 0.2) is 71.6 Å². The summed E-state index contributed by atoms with van der Waals surface area (Å²) in [6, 6.07) is 15.7. The first-order valence-corrected chi connectivity index (χ1v) is 9.58. The number of nitrogens with one attached hydrogen (secondary N) is 1. The van der Waals surface area contributed by atoms with E-state index in [2.05, 4.69) is 4.72 Å². The Morgan fingerprint density at radius 1 is 1.00 bits per heavy atom. The third-order valence-electron chi connectivity index (χ3n) is 4.01. The van der Waals surface area contributed by atoms with E-state index in [0.29, 0.717) is 11.1 Å². The number of hydrogen-bond donors (Lipinski definition) is 2. The molecule has 0 unspecified atom stereocenters. The van der Waals surface area contributed by atoms with Crippen molar-refractivity contribution in [2.24, 2.45) is 0 Å². The molecule has 6 nitrogen and oxygen atoms in total. The number of methoxy groups -OCH3 is 1. The van der Waals surface area contributed by atoms with Crippen molar-refractivity contribution < 1.29 is 27.4 Å². The van der Waals surface area contributed by atoms with Gasteiger partial charge in [-0.2, -0.15) is 0 Å². The fourth-order valence-electron chi connectivity index (χ4n) is 2.60. The molecule has 0 amide bonds. The van der Waals surface area contributed by atoms with Gasteiger partial charge in [-0.3, -0.25) is 4.72 Å². The highest BCUT2D eigenvalue weighted by molar-refractivity contribution is 7.92. The predicted octanol–water partition coefficient (Wildman–Crippen LogP) is 4.00. The van der Waals surface area contributed by atoms with Crippen LogP contribution in [-0.4, -0.2) is 26.6 Å². The van der Waals surface area contributed by atoms with E-state index in [9.17, 15) is 17.6 Å². The van der Waals surface area contributed by atoms with Crippen molar-refractivity contribution in [1.82, 2.24) is 0 Å². The molecule has 3 rings (SSSR count). The highest BCUT2D eigenvalue weighted by Gasteiger charge is 2.18. The second kappa shape index (κ2) is 7.69. The summed E-state index contributed by atoms with van der Waals surface area (Å²) in [6.45, 7) is 0. The molecule has 0 aliphatic carbocycles.